The van der Waals surface area contributed by atoms with Gasteiger partial charge in [0.15, 0.2) is 0 Å². The zero-order valence-corrected chi connectivity index (χ0v) is 12.4. The summed E-state index contributed by atoms with van der Waals surface area (Å²) in [4.78, 5) is 11.6. The van der Waals surface area contributed by atoms with Gasteiger partial charge in [-0.2, -0.15) is 0 Å². The Labute approximate surface area is 119 Å². The van der Waals surface area contributed by atoms with Crippen molar-refractivity contribution in [3.8, 4) is 0 Å². The molecular formula is C14H21ClN2O2. The third kappa shape index (κ3) is 5.49. The molecule has 0 aliphatic heterocycles. The fraction of sp³-hybridized carbons (Fsp3) is 0.500. The van der Waals surface area contributed by atoms with E-state index in [4.69, 9.17) is 16.3 Å². The summed E-state index contributed by atoms with van der Waals surface area (Å²) in [6, 6.07) is 7.49. The average molecular weight is 285 g/mol. The Morgan fingerprint density at radius 2 is 1.89 bits per heavy atom. The van der Waals surface area contributed by atoms with Crippen molar-refractivity contribution in [1.82, 2.24) is 10.6 Å². The number of amides is 2. The van der Waals surface area contributed by atoms with E-state index in [-0.39, 0.29) is 11.4 Å². The first kappa shape index (κ1) is 15.8. The molecule has 0 unspecified atom stereocenters. The third-order valence-electron chi connectivity index (χ3n) is 2.91. The van der Waals surface area contributed by atoms with E-state index in [9.17, 15) is 4.79 Å². The fourth-order valence-corrected chi connectivity index (χ4v) is 1.76. The molecule has 0 saturated heterocycles. The molecule has 2 amide bonds. The summed E-state index contributed by atoms with van der Waals surface area (Å²) in [6.45, 7) is 5.71. The first-order valence-electron chi connectivity index (χ1n) is 6.22. The van der Waals surface area contributed by atoms with Crippen molar-refractivity contribution < 1.29 is 9.53 Å². The van der Waals surface area contributed by atoms with Crippen LogP contribution in [0.15, 0.2) is 24.3 Å². The molecule has 0 bridgehead atoms. The van der Waals surface area contributed by atoms with Gasteiger partial charge in [-0.25, -0.2) is 4.79 Å². The first-order valence-corrected chi connectivity index (χ1v) is 6.60. The lowest BCUT2D eigenvalue weighted by Crippen LogP contribution is -2.43. The minimum atomic E-state index is -0.181. The Hall–Kier alpha value is -1.26. The molecule has 0 fully saturated rings. The van der Waals surface area contributed by atoms with Crippen molar-refractivity contribution in [3.05, 3.63) is 34.9 Å². The molecule has 0 saturated carbocycles. The molecule has 2 N–H and O–H groups in total. The van der Waals surface area contributed by atoms with Crippen LogP contribution < -0.4 is 10.6 Å². The van der Waals surface area contributed by atoms with E-state index in [1.807, 2.05) is 24.3 Å². The number of urea groups is 1. The van der Waals surface area contributed by atoms with Gasteiger partial charge in [0.1, 0.15) is 0 Å². The maximum absolute atomic E-state index is 11.6. The van der Waals surface area contributed by atoms with Crippen molar-refractivity contribution in [2.24, 2.45) is 0 Å². The number of benzene rings is 1. The second-order valence-corrected chi connectivity index (χ2v) is 5.43. The lowest BCUT2D eigenvalue weighted by molar-refractivity contribution is 0.195. The number of hydrogen-bond acceptors (Lipinski definition) is 2. The summed E-state index contributed by atoms with van der Waals surface area (Å²) in [5, 5.41) is 6.29. The van der Waals surface area contributed by atoms with Gasteiger partial charge in [-0.05, 0) is 17.7 Å². The van der Waals surface area contributed by atoms with Gasteiger partial charge in [-0.1, -0.05) is 37.6 Å². The highest BCUT2D eigenvalue weighted by atomic mass is 35.5. The van der Waals surface area contributed by atoms with Gasteiger partial charge in [0.2, 0.25) is 0 Å². The lowest BCUT2D eigenvalue weighted by Gasteiger charge is -2.25. The van der Waals surface area contributed by atoms with Crippen LogP contribution in [0.1, 0.15) is 19.4 Å². The van der Waals surface area contributed by atoms with E-state index in [1.54, 1.807) is 7.11 Å². The molecule has 0 radical (unpaired) electrons. The standard InChI is InChI=1S/C14H21ClN2O2/c1-14(2,11-4-6-12(15)7-5-11)10-17-13(18)16-8-9-19-3/h4-7H,8-10H2,1-3H3,(H2,16,17,18). The number of nitrogens with one attached hydrogen (secondary N) is 2. The van der Waals surface area contributed by atoms with Gasteiger partial charge in [0.05, 0.1) is 6.61 Å². The van der Waals surface area contributed by atoms with Crippen molar-refractivity contribution in [2.75, 3.05) is 26.8 Å². The van der Waals surface area contributed by atoms with Crippen LogP contribution in [0, 0.1) is 0 Å². The van der Waals surface area contributed by atoms with Crippen molar-refractivity contribution in [3.63, 3.8) is 0 Å². The molecule has 0 atom stereocenters. The Kier molecular flexibility index (Phi) is 6.12. The minimum Gasteiger partial charge on any atom is -0.383 e. The molecule has 5 heteroatoms. The van der Waals surface area contributed by atoms with E-state index in [0.29, 0.717) is 24.7 Å². The van der Waals surface area contributed by atoms with Gasteiger partial charge >= 0.3 is 6.03 Å². The molecule has 0 spiro atoms. The maximum atomic E-state index is 11.6. The van der Waals surface area contributed by atoms with E-state index in [2.05, 4.69) is 24.5 Å². The van der Waals surface area contributed by atoms with Crippen LogP contribution in [-0.4, -0.2) is 32.8 Å². The zero-order chi connectivity index (χ0) is 14.3. The first-order chi connectivity index (χ1) is 8.95. The summed E-state index contributed by atoms with van der Waals surface area (Å²) >= 11 is 5.87. The lowest BCUT2D eigenvalue weighted by atomic mass is 9.85. The molecule has 1 aromatic rings. The van der Waals surface area contributed by atoms with E-state index >= 15 is 0 Å². The second kappa shape index (κ2) is 7.36. The predicted octanol–water partition coefficient (Wildman–Crippen LogP) is 2.56. The topological polar surface area (TPSA) is 50.4 Å². The van der Waals surface area contributed by atoms with Crippen LogP contribution in [0.5, 0.6) is 0 Å². The van der Waals surface area contributed by atoms with Crippen LogP contribution in [0.2, 0.25) is 5.02 Å². The smallest absolute Gasteiger partial charge is 0.314 e. The maximum Gasteiger partial charge on any atom is 0.314 e. The highest BCUT2D eigenvalue weighted by Crippen LogP contribution is 2.23. The number of methoxy groups -OCH3 is 1. The van der Waals surface area contributed by atoms with Crippen LogP contribution in [0.25, 0.3) is 0 Å². The van der Waals surface area contributed by atoms with Gasteiger partial charge in [-0.15, -0.1) is 0 Å². The molecule has 1 rings (SSSR count). The molecule has 0 aliphatic rings. The van der Waals surface area contributed by atoms with Crippen LogP contribution in [0.3, 0.4) is 0 Å². The number of rotatable bonds is 6. The van der Waals surface area contributed by atoms with Crippen molar-refractivity contribution >= 4 is 17.6 Å². The molecule has 106 valence electrons. The third-order valence-corrected chi connectivity index (χ3v) is 3.16. The number of carbonyl (C=O) groups is 1. The molecule has 0 heterocycles. The molecule has 0 aliphatic carbocycles. The van der Waals surface area contributed by atoms with Crippen LogP contribution in [0.4, 0.5) is 4.79 Å². The number of hydrogen-bond donors (Lipinski definition) is 2. The van der Waals surface area contributed by atoms with E-state index in [1.165, 1.54) is 0 Å². The second-order valence-electron chi connectivity index (χ2n) is 4.99. The van der Waals surface area contributed by atoms with Gasteiger partial charge in [0.25, 0.3) is 0 Å². The van der Waals surface area contributed by atoms with Gasteiger partial charge < -0.3 is 15.4 Å². The molecule has 0 aromatic heterocycles. The van der Waals surface area contributed by atoms with Crippen LogP contribution >= 0.6 is 11.6 Å². The van der Waals surface area contributed by atoms with Crippen molar-refractivity contribution in [1.29, 1.82) is 0 Å². The van der Waals surface area contributed by atoms with E-state index < -0.39 is 0 Å². The summed E-state index contributed by atoms with van der Waals surface area (Å²) in [7, 11) is 1.60. The minimum absolute atomic E-state index is 0.150. The largest absolute Gasteiger partial charge is 0.383 e. The highest BCUT2D eigenvalue weighted by Gasteiger charge is 2.21. The normalized spacial score (nSPS) is 11.2. The van der Waals surface area contributed by atoms with Crippen molar-refractivity contribution in [2.45, 2.75) is 19.3 Å². The molecule has 1 aromatic carbocycles. The Morgan fingerprint density at radius 3 is 2.47 bits per heavy atom. The molecule has 4 nitrogen and oxygen atoms in total. The quantitative estimate of drug-likeness (QED) is 0.789. The predicted molar refractivity (Wildman–Crippen MR) is 77.8 cm³/mol. The Balaban J connectivity index is 2.46. The zero-order valence-electron chi connectivity index (χ0n) is 11.6. The number of carbonyl (C=O) groups excluding carboxylic acids is 1. The SMILES string of the molecule is COCCNC(=O)NCC(C)(C)c1ccc(Cl)cc1. The monoisotopic (exact) mass is 284 g/mol. The summed E-state index contributed by atoms with van der Waals surface area (Å²) in [5.41, 5.74) is 0.984. The van der Waals surface area contributed by atoms with Gasteiger partial charge in [0, 0.05) is 30.6 Å². The fourth-order valence-electron chi connectivity index (χ4n) is 1.63. The molecule has 19 heavy (non-hydrogen) atoms. The number of ether oxygens (including phenoxy) is 1. The highest BCUT2D eigenvalue weighted by molar-refractivity contribution is 6.30. The van der Waals surface area contributed by atoms with Gasteiger partial charge in [-0.3, -0.25) is 0 Å². The number of halogens is 1. The summed E-state index contributed by atoms with van der Waals surface area (Å²) < 4.78 is 4.86. The molecular weight excluding hydrogens is 264 g/mol. The summed E-state index contributed by atoms with van der Waals surface area (Å²) in [6.07, 6.45) is 0. The van der Waals surface area contributed by atoms with Crippen LogP contribution in [-0.2, 0) is 10.2 Å². The Morgan fingerprint density at radius 1 is 1.26 bits per heavy atom. The summed E-state index contributed by atoms with van der Waals surface area (Å²) in [5.74, 6) is 0. The van der Waals surface area contributed by atoms with E-state index in [0.717, 1.165) is 5.56 Å². The Bertz CT molecular complexity index is 404. The average Bonchev–Trinajstić information content (AvgIpc) is 2.37.